The fraction of sp³-hybridized carbons (Fsp3) is 0.567. The molecule has 0 radical (unpaired) electrons. The monoisotopic (exact) mass is 452 g/mol. The lowest BCUT2D eigenvalue weighted by molar-refractivity contribution is 0.0731. The van der Waals surface area contributed by atoms with Gasteiger partial charge in [0, 0.05) is 11.1 Å². The first-order valence-electron chi connectivity index (χ1n) is 12.4. The van der Waals surface area contributed by atoms with Crippen LogP contribution in [-0.2, 0) is 10.8 Å². The second-order valence-corrected chi connectivity index (χ2v) is 11.7. The Morgan fingerprint density at radius 1 is 0.879 bits per heavy atom. The van der Waals surface area contributed by atoms with Crippen LogP contribution in [0.2, 0.25) is 0 Å². The molecule has 3 nitrogen and oxygen atoms in total. The molecule has 2 rings (SSSR count). The summed E-state index contributed by atoms with van der Waals surface area (Å²) in [5.41, 5.74) is 4.74. The zero-order valence-corrected chi connectivity index (χ0v) is 22.6. The number of hydrogen-bond acceptors (Lipinski definition) is 3. The van der Waals surface area contributed by atoms with E-state index in [1.165, 1.54) is 5.56 Å². The molecule has 2 aromatic rings. The lowest BCUT2D eigenvalue weighted by Crippen LogP contribution is -2.20. The second-order valence-electron chi connectivity index (χ2n) is 11.7. The van der Waals surface area contributed by atoms with Gasteiger partial charge in [-0.25, -0.2) is 4.79 Å². The molecule has 0 aliphatic rings. The van der Waals surface area contributed by atoms with Crippen molar-refractivity contribution in [1.82, 2.24) is 0 Å². The van der Waals surface area contributed by atoms with Crippen molar-refractivity contribution in [3.63, 3.8) is 0 Å². The summed E-state index contributed by atoms with van der Waals surface area (Å²) in [5, 5.41) is 11.0. The smallest absolute Gasteiger partial charge is 0.343 e. The summed E-state index contributed by atoms with van der Waals surface area (Å²) in [5.74, 6) is 1.29. The maximum absolute atomic E-state index is 13.5. The molecule has 0 heterocycles. The van der Waals surface area contributed by atoms with Crippen molar-refractivity contribution in [3.8, 4) is 11.5 Å². The van der Waals surface area contributed by atoms with Gasteiger partial charge in [-0.05, 0) is 71.3 Å². The van der Waals surface area contributed by atoms with Gasteiger partial charge in [0.15, 0.2) is 0 Å². The van der Waals surface area contributed by atoms with Gasteiger partial charge < -0.3 is 9.84 Å². The molecule has 0 spiro atoms. The van der Waals surface area contributed by atoms with E-state index in [1.54, 1.807) is 12.1 Å². The fourth-order valence-corrected chi connectivity index (χ4v) is 4.12. The minimum atomic E-state index is -0.380. The van der Waals surface area contributed by atoms with Crippen LogP contribution in [0, 0.1) is 6.92 Å². The molecule has 2 unspecified atom stereocenters. The Kier molecular flexibility index (Phi) is 8.10. The van der Waals surface area contributed by atoms with E-state index in [2.05, 4.69) is 39.8 Å². The highest BCUT2D eigenvalue weighted by Gasteiger charge is 2.29. The number of benzene rings is 2. The van der Waals surface area contributed by atoms with Crippen LogP contribution < -0.4 is 4.74 Å². The van der Waals surface area contributed by atoms with Gasteiger partial charge >= 0.3 is 5.97 Å². The lowest BCUT2D eigenvalue weighted by atomic mass is 9.78. The predicted octanol–water partition coefficient (Wildman–Crippen LogP) is 8.54. The number of aryl methyl sites for hydroxylation is 1. The second kappa shape index (κ2) is 9.91. The van der Waals surface area contributed by atoms with Crippen molar-refractivity contribution < 1.29 is 14.6 Å². The molecule has 0 bridgehead atoms. The van der Waals surface area contributed by atoms with Gasteiger partial charge in [0.1, 0.15) is 11.5 Å². The van der Waals surface area contributed by atoms with E-state index < -0.39 is 0 Å². The highest BCUT2D eigenvalue weighted by Crippen LogP contribution is 2.41. The molecular weight excluding hydrogens is 408 g/mol. The number of esters is 1. The summed E-state index contributed by atoms with van der Waals surface area (Å²) in [4.78, 5) is 13.5. The van der Waals surface area contributed by atoms with Crippen LogP contribution in [0.25, 0.3) is 0 Å². The maximum atomic E-state index is 13.5. The SMILES string of the molecule is CCC(C)c1cc(C)c(OC(=O)c2cc(C(C)(C)C)c(O)c(C(C)(C)C)c2)c(C(C)CC)c1. The van der Waals surface area contributed by atoms with Crippen molar-refractivity contribution in [2.24, 2.45) is 0 Å². The number of carbonyl (C=O) groups is 1. The molecule has 0 aliphatic heterocycles. The molecule has 0 aliphatic carbocycles. The van der Waals surface area contributed by atoms with E-state index in [9.17, 15) is 9.90 Å². The van der Waals surface area contributed by atoms with Crippen LogP contribution in [0.5, 0.6) is 11.5 Å². The van der Waals surface area contributed by atoms with E-state index in [-0.39, 0.29) is 28.5 Å². The highest BCUT2D eigenvalue weighted by molar-refractivity contribution is 5.92. The summed E-state index contributed by atoms with van der Waals surface area (Å²) < 4.78 is 6.11. The van der Waals surface area contributed by atoms with Crippen LogP contribution in [0.15, 0.2) is 24.3 Å². The number of ether oxygens (including phenoxy) is 1. The van der Waals surface area contributed by atoms with Crippen molar-refractivity contribution in [2.75, 3.05) is 0 Å². The molecule has 2 atom stereocenters. The Morgan fingerprint density at radius 3 is 1.79 bits per heavy atom. The number of rotatable bonds is 6. The molecular formula is C30H44O3. The summed E-state index contributed by atoms with van der Waals surface area (Å²) >= 11 is 0. The van der Waals surface area contributed by atoms with Gasteiger partial charge in [0.2, 0.25) is 0 Å². The summed E-state index contributed by atoms with van der Waals surface area (Å²) in [6.07, 6.45) is 2.03. The topological polar surface area (TPSA) is 46.5 Å². The van der Waals surface area contributed by atoms with Crippen molar-refractivity contribution in [1.29, 1.82) is 0 Å². The Bertz CT molecular complexity index is 967. The Hall–Kier alpha value is -2.29. The molecule has 33 heavy (non-hydrogen) atoms. The van der Waals surface area contributed by atoms with Gasteiger partial charge in [-0.15, -0.1) is 0 Å². The standard InChI is InChI=1S/C30H44O3/c1-12-18(3)21-14-20(5)27(23(15-21)19(4)13-2)33-28(32)22-16-24(29(6,7)8)26(31)25(17-22)30(9,10)11/h14-19,31H,12-13H2,1-11H3. The van der Waals surface area contributed by atoms with Gasteiger partial charge in [-0.1, -0.05) is 81.4 Å². The quantitative estimate of drug-likeness (QED) is 0.353. The Balaban J connectivity index is 2.63. The third kappa shape index (κ3) is 5.99. The number of carbonyl (C=O) groups excluding carboxylic acids is 1. The molecule has 1 N–H and O–H groups in total. The Morgan fingerprint density at radius 2 is 1.36 bits per heavy atom. The van der Waals surface area contributed by atoms with Gasteiger partial charge in [-0.3, -0.25) is 0 Å². The third-order valence-electron chi connectivity index (χ3n) is 6.81. The largest absolute Gasteiger partial charge is 0.507 e. The molecule has 0 saturated carbocycles. The molecule has 0 amide bonds. The average molecular weight is 453 g/mol. The van der Waals surface area contributed by atoms with E-state index in [0.717, 1.165) is 35.1 Å². The summed E-state index contributed by atoms with van der Waals surface area (Å²) in [7, 11) is 0. The predicted molar refractivity (Wildman–Crippen MR) is 139 cm³/mol. The van der Waals surface area contributed by atoms with Crippen molar-refractivity contribution in [2.45, 2.75) is 112 Å². The van der Waals surface area contributed by atoms with Gasteiger partial charge in [0.05, 0.1) is 5.56 Å². The van der Waals surface area contributed by atoms with E-state index in [1.807, 2.05) is 48.5 Å². The van der Waals surface area contributed by atoms with E-state index >= 15 is 0 Å². The van der Waals surface area contributed by atoms with Crippen LogP contribution in [-0.4, -0.2) is 11.1 Å². The van der Waals surface area contributed by atoms with Crippen molar-refractivity contribution >= 4 is 5.97 Å². The Labute approximate surface area is 201 Å². The highest BCUT2D eigenvalue weighted by atomic mass is 16.5. The molecule has 0 saturated heterocycles. The lowest BCUT2D eigenvalue weighted by Gasteiger charge is -2.28. The summed E-state index contributed by atoms with van der Waals surface area (Å²) in [6, 6.07) is 7.95. The first-order valence-corrected chi connectivity index (χ1v) is 12.4. The number of aromatic hydroxyl groups is 1. The van der Waals surface area contributed by atoms with Gasteiger partial charge in [-0.2, -0.15) is 0 Å². The molecule has 182 valence electrons. The van der Waals surface area contributed by atoms with Crippen LogP contribution in [0.1, 0.15) is 132 Å². The molecule has 3 heteroatoms. The van der Waals surface area contributed by atoms with Gasteiger partial charge in [0.25, 0.3) is 0 Å². The zero-order valence-electron chi connectivity index (χ0n) is 22.6. The molecule has 2 aromatic carbocycles. The first kappa shape index (κ1) is 27.0. The normalized spacial score (nSPS) is 14.2. The number of phenols is 1. The summed E-state index contributed by atoms with van der Waals surface area (Å²) in [6.45, 7) is 23.1. The maximum Gasteiger partial charge on any atom is 0.343 e. The van der Waals surface area contributed by atoms with Crippen LogP contribution in [0.3, 0.4) is 0 Å². The third-order valence-corrected chi connectivity index (χ3v) is 6.81. The number of hydrogen-bond donors (Lipinski definition) is 1. The molecule has 0 fully saturated rings. The minimum absolute atomic E-state index is 0.265. The van der Waals surface area contributed by atoms with Crippen molar-refractivity contribution in [3.05, 3.63) is 57.6 Å². The first-order chi connectivity index (χ1) is 15.1. The molecule has 0 aromatic heterocycles. The van der Waals surface area contributed by atoms with Crippen LogP contribution >= 0.6 is 0 Å². The van der Waals surface area contributed by atoms with E-state index in [0.29, 0.717) is 17.2 Å². The zero-order chi connectivity index (χ0) is 25.3. The average Bonchev–Trinajstić information content (AvgIpc) is 2.71. The minimum Gasteiger partial charge on any atom is -0.507 e. The van der Waals surface area contributed by atoms with Crippen LogP contribution in [0.4, 0.5) is 0 Å². The number of phenolic OH excluding ortho intramolecular Hbond substituents is 1. The van der Waals surface area contributed by atoms with E-state index in [4.69, 9.17) is 4.74 Å². The fourth-order valence-electron chi connectivity index (χ4n) is 4.12.